The molecule has 6 heteroatoms. The number of nitrogens with two attached hydrogens (primary N) is 1. The van der Waals surface area contributed by atoms with Crippen LogP contribution in [0.25, 0.3) is 0 Å². The zero-order valence-electron chi connectivity index (χ0n) is 11.7. The molecule has 0 heterocycles. The predicted octanol–water partition coefficient (Wildman–Crippen LogP) is 4.01. The molecule has 114 valence electrons. The van der Waals surface area contributed by atoms with E-state index in [1.54, 1.807) is 19.2 Å². The van der Waals surface area contributed by atoms with Crippen LogP contribution < -0.4 is 10.6 Å². The lowest BCUT2D eigenvalue weighted by Crippen LogP contribution is -2.24. The molecular weight excluding hydrogens is 289 g/mol. The second-order valence-corrected chi connectivity index (χ2v) is 5.35. The number of rotatable bonds is 6. The lowest BCUT2D eigenvalue weighted by molar-refractivity contribution is -0.132. The molecule has 2 nitrogen and oxygen atoms in total. The summed E-state index contributed by atoms with van der Waals surface area (Å²) in [6.07, 6.45) is -3.44. The molecule has 20 heavy (non-hydrogen) atoms. The van der Waals surface area contributed by atoms with Crippen molar-refractivity contribution >= 4 is 17.3 Å². The maximum absolute atomic E-state index is 12.2. The maximum Gasteiger partial charge on any atom is 0.390 e. The van der Waals surface area contributed by atoms with Crippen molar-refractivity contribution in [2.45, 2.75) is 38.4 Å². The molecule has 0 saturated heterocycles. The fourth-order valence-corrected chi connectivity index (χ4v) is 2.20. The SMILES string of the molecule is CCC(N)Cc1ccc(N(C)CCC(F)(F)F)c(Cl)c1. The molecule has 0 aliphatic rings. The summed E-state index contributed by atoms with van der Waals surface area (Å²) in [7, 11) is 1.60. The topological polar surface area (TPSA) is 29.3 Å². The Kier molecular flexibility index (Phi) is 6.14. The summed E-state index contributed by atoms with van der Waals surface area (Å²) in [5.74, 6) is 0. The summed E-state index contributed by atoms with van der Waals surface area (Å²) in [5, 5.41) is 0.454. The fraction of sp³-hybridized carbons (Fsp3) is 0.571. The highest BCUT2D eigenvalue weighted by Gasteiger charge is 2.27. The Morgan fingerprint density at radius 3 is 2.50 bits per heavy atom. The second-order valence-electron chi connectivity index (χ2n) is 4.94. The minimum Gasteiger partial charge on any atom is -0.373 e. The first-order chi connectivity index (χ1) is 9.23. The van der Waals surface area contributed by atoms with Gasteiger partial charge in [0, 0.05) is 19.6 Å². The molecule has 0 spiro atoms. The molecular formula is C14H20ClF3N2. The van der Waals surface area contributed by atoms with Gasteiger partial charge in [-0.2, -0.15) is 13.2 Å². The smallest absolute Gasteiger partial charge is 0.373 e. The van der Waals surface area contributed by atoms with E-state index in [4.69, 9.17) is 17.3 Å². The average Bonchev–Trinajstić information content (AvgIpc) is 2.35. The molecule has 0 fully saturated rings. The van der Waals surface area contributed by atoms with Crippen LogP contribution in [0.15, 0.2) is 18.2 Å². The first-order valence-electron chi connectivity index (χ1n) is 6.55. The number of anilines is 1. The number of hydrogen-bond acceptors (Lipinski definition) is 2. The van der Waals surface area contributed by atoms with Gasteiger partial charge in [0.05, 0.1) is 17.1 Å². The van der Waals surface area contributed by atoms with E-state index >= 15 is 0 Å². The van der Waals surface area contributed by atoms with Gasteiger partial charge in [0.1, 0.15) is 0 Å². The zero-order chi connectivity index (χ0) is 15.3. The number of halogens is 4. The summed E-state index contributed by atoms with van der Waals surface area (Å²) < 4.78 is 36.6. The van der Waals surface area contributed by atoms with Crippen molar-refractivity contribution in [3.05, 3.63) is 28.8 Å². The van der Waals surface area contributed by atoms with Gasteiger partial charge in [-0.05, 0) is 30.5 Å². The molecule has 1 atom stereocenters. The van der Waals surface area contributed by atoms with Crippen LogP contribution in [-0.2, 0) is 6.42 Å². The second kappa shape index (κ2) is 7.18. The highest BCUT2D eigenvalue weighted by Crippen LogP contribution is 2.28. The Balaban J connectivity index is 2.72. The fourth-order valence-electron chi connectivity index (χ4n) is 1.85. The molecule has 0 radical (unpaired) electrons. The zero-order valence-corrected chi connectivity index (χ0v) is 12.4. The van der Waals surface area contributed by atoms with Crippen molar-refractivity contribution in [3.63, 3.8) is 0 Å². The molecule has 1 unspecified atom stereocenters. The average molecular weight is 309 g/mol. The number of benzene rings is 1. The van der Waals surface area contributed by atoms with Gasteiger partial charge in [0.25, 0.3) is 0 Å². The van der Waals surface area contributed by atoms with Crippen molar-refractivity contribution in [1.82, 2.24) is 0 Å². The van der Waals surface area contributed by atoms with E-state index in [0.717, 1.165) is 12.0 Å². The van der Waals surface area contributed by atoms with E-state index in [0.29, 0.717) is 17.1 Å². The van der Waals surface area contributed by atoms with Gasteiger partial charge in [0.15, 0.2) is 0 Å². The summed E-state index contributed by atoms with van der Waals surface area (Å²) >= 11 is 6.14. The Morgan fingerprint density at radius 2 is 2.00 bits per heavy atom. The third kappa shape index (κ3) is 5.59. The highest BCUT2D eigenvalue weighted by molar-refractivity contribution is 6.33. The summed E-state index contributed by atoms with van der Waals surface area (Å²) in [4.78, 5) is 1.51. The van der Waals surface area contributed by atoms with Crippen LogP contribution in [0.3, 0.4) is 0 Å². The van der Waals surface area contributed by atoms with Crippen molar-refractivity contribution in [2.24, 2.45) is 5.73 Å². The molecule has 0 aliphatic heterocycles. The summed E-state index contributed by atoms with van der Waals surface area (Å²) in [6.45, 7) is 1.89. The predicted molar refractivity (Wildman–Crippen MR) is 77.4 cm³/mol. The molecule has 0 aliphatic carbocycles. The normalized spacial score (nSPS) is 13.3. The Hall–Kier alpha value is -0.940. The molecule has 1 aromatic rings. The van der Waals surface area contributed by atoms with Crippen LogP contribution in [0.4, 0.5) is 18.9 Å². The van der Waals surface area contributed by atoms with Crippen LogP contribution >= 0.6 is 11.6 Å². The van der Waals surface area contributed by atoms with Gasteiger partial charge in [-0.15, -0.1) is 0 Å². The van der Waals surface area contributed by atoms with Crippen LogP contribution in [0.5, 0.6) is 0 Å². The van der Waals surface area contributed by atoms with Gasteiger partial charge >= 0.3 is 6.18 Å². The van der Waals surface area contributed by atoms with E-state index in [1.165, 1.54) is 4.90 Å². The van der Waals surface area contributed by atoms with Crippen molar-refractivity contribution in [2.75, 3.05) is 18.5 Å². The van der Waals surface area contributed by atoms with Crippen LogP contribution in [0.1, 0.15) is 25.3 Å². The minimum atomic E-state index is -4.16. The van der Waals surface area contributed by atoms with E-state index in [1.807, 2.05) is 13.0 Å². The lowest BCUT2D eigenvalue weighted by atomic mass is 10.0. The molecule has 1 rings (SSSR count). The van der Waals surface area contributed by atoms with Gasteiger partial charge < -0.3 is 10.6 Å². The molecule has 1 aromatic carbocycles. The first-order valence-corrected chi connectivity index (χ1v) is 6.92. The van der Waals surface area contributed by atoms with E-state index in [2.05, 4.69) is 0 Å². The first kappa shape index (κ1) is 17.1. The standard InChI is InChI=1S/C14H20ClF3N2/c1-3-11(19)8-10-4-5-13(12(15)9-10)20(2)7-6-14(16,17)18/h4-5,9,11H,3,6-8,19H2,1-2H3. The number of hydrogen-bond donors (Lipinski definition) is 1. The summed E-state index contributed by atoms with van der Waals surface area (Å²) in [5.41, 5.74) is 7.47. The number of alkyl halides is 3. The number of nitrogens with zero attached hydrogens (tertiary/aromatic N) is 1. The van der Waals surface area contributed by atoms with Gasteiger partial charge in [-0.25, -0.2) is 0 Å². The molecule has 0 bridgehead atoms. The Morgan fingerprint density at radius 1 is 1.35 bits per heavy atom. The van der Waals surface area contributed by atoms with Crippen LogP contribution in [-0.4, -0.2) is 25.8 Å². The van der Waals surface area contributed by atoms with E-state index < -0.39 is 12.6 Å². The maximum atomic E-state index is 12.2. The third-order valence-corrected chi connectivity index (χ3v) is 3.48. The molecule has 0 amide bonds. The Bertz CT molecular complexity index is 435. The van der Waals surface area contributed by atoms with E-state index in [9.17, 15) is 13.2 Å². The monoisotopic (exact) mass is 308 g/mol. The minimum absolute atomic E-state index is 0.0693. The highest BCUT2D eigenvalue weighted by atomic mass is 35.5. The Labute approximate surface area is 122 Å². The molecule has 0 saturated carbocycles. The van der Waals surface area contributed by atoms with Crippen molar-refractivity contribution in [3.8, 4) is 0 Å². The lowest BCUT2D eigenvalue weighted by Gasteiger charge is -2.22. The van der Waals surface area contributed by atoms with Gasteiger partial charge in [0.2, 0.25) is 0 Å². The quantitative estimate of drug-likeness (QED) is 0.860. The van der Waals surface area contributed by atoms with Crippen molar-refractivity contribution < 1.29 is 13.2 Å². The van der Waals surface area contributed by atoms with E-state index in [-0.39, 0.29) is 12.6 Å². The van der Waals surface area contributed by atoms with Crippen LogP contribution in [0.2, 0.25) is 5.02 Å². The van der Waals surface area contributed by atoms with Crippen LogP contribution in [0, 0.1) is 0 Å². The van der Waals surface area contributed by atoms with Crippen molar-refractivity contribution in [1.29, 1.82) is 0 Å². The summed E-state index contributed by atoms with van der Waals surface area (Å²) in [6, 6.07) is 5.45. The van der Waals surface area contributed by atoms with Gasteiger partial charge in [-0.3, -0.25) is 0 Å². The molecule has 0 aromatic heterocycles. The largest absolute Gasteiger partial charge is 0.390 e. The third-order valence-electron chi connectivity index (χ3n) is 3.18. The van der Waals surface area contributed by atoms with Gasteiger partial charge in [-0.1, -0.05) is 24.6 Å². The molecule has 2 N–H and O–H groups in total.